The van der Waals surface area contributed by atoms with Crippen LogP contribution in [0, 0.1) is 0 Å². The first-order chi connectivity index (χ1) is 6.18. The van der Waals surface area contributed by atoms with Crippen molar-refractivity contribution in [2.75, 3.05) is 12.3 Å². The number of anilines is 1. The number of nitrogen functional groups attached to an aromatic ring is 1. The molecule has 1 aliphatic heterocycles. The van der Waals surface area contributed by atoms with Crippen molar-refractivity contribution in [3.05, 3.63) is 22.2 Å². The minimum atomic E-state index is 0.0548. The molecule has 0 aliphatic carbocycles. The second-order valence-corrected chi connectivity index (χ2v) is 4.01. The quantitative estimate of drug-likeness (QED) is 0.683. The zero-order valence-electron chi connectivity index (χ0n) is 7.09. The predicted octanol–water partition coefficient (Wildman–Crippen LogP) is 1.81. The Balaban J connectivity index is 2.52. The van der Waals surface area contributed by atoms with Gasteiger partial charge in [-0.05, 0) is 28.1 Å². The van der Waals surface area contributed by atoms with Crippen LogP contribution in [0.5, 0.6) is 5.75 Å². The molecule has 2 rings (SSSR count). The molecule has 13 heavy (non-hydrogen) atoms. The molecule has 1 aliphatic rings. The van der Waals surface area contributed by atoms with E-state index in [0.717, 1.165) is 22.2 Å². The summed E-state index contributed by atoms with van der Waals surface area (Å²) in [6.45, 7) is 0.685. The summed E-state index contributed by atoms with van der Waals surface area (Å²) in [5.41, 5.74) is 13.4. The van der Waals surface area contributed by atoms with E-state index in [9.17, 15) is 0 Å². The van der Waals surface area contributed by atoms with Gasteiger partial charge in [0, 0.05) is 28.2 Å². The molecule has 0 bridgehead atoms. The molecule has 0 saturated carbocycles. The Bertz CT molecular complexity index is 341. The van der Waals surface area contributed by atoms with Crippen LogP contribution in [0.4, 0.5) is 5.69 Å². The summed E-state index contributed by atoms with van der Waals surface area (Å²) < 4.78 is 6.33. The van der Waals surface area contributed by atoms with E-state index in [0.29, 0.717) is 12.3 Å². The molecule has 0 aromatic heterocycles. The van der Waals surface area contributed by atoms with Gasteiger partial charge in [-0.2, -0.15) is 0 Å². The Kier molecular flexibility index (Phi) is 2.17. The van der Waals surface area contributed by atoms with Gasteiger partial charge in [0.25, 0.3) is 0 Å². The van der Waals surface area contributed by atoms with Crippen LogP contribution in [0.25, 0.3) is 0 Å². The normalized spacial score (nSPS) is 20.6. The highest BCUT2D eigenvalue weighted by Gasteiger charge is 2.19. The molecule has 4 heteroatoms. The molecule has 1 atom stereocenters. The van der Waals surface area contributed by atoms with Crippen LogP contribution < -0.4 is 16.2 Å². The van der Waals surface area contributed by atoms with Crippen molar-refractivity contribution in [1.29, 1.82) is 0 Å². The summed E-state index contributed by atoms with van der Waals surface area (Å²) in [5, 5.41) is 0. The molecule has 0 unspecified atom stereocenters. The zero-order chi connectivity index (χ0) is 9.42. The Morgan fingerprint density at radius 2 is 2.23 bits per heavy atom. The highest BCUT2D eigenvalue weighted by atomic mass is 79.9. The second kappa shape index (κ2) is 3.20. The average Bonchev–Trinajstić information content (AvgIpc) is 2.09. The lowest BCUT2D eigenvalue weighted by Crippen LogP contribution is -2.20. The summed E-state index contributed by atoms with van der Waals surface area (Å²) in [4.78, 5) is 0. The molecule has 70 valence electrons. The monoisotopic (exact) mass is 242 g/mol. The highest BCUT2D eigenvalue weighted by Crippen LogP contribution is 2.35. The summed E-state index contributed by atoms with van der Waals surface area (Å²) in [6.07, 6.45) is 0.855. The predicted molar refractivity (Wildman–Crippen MR) is 55.6 cm³/mol. The zero-order valence-corrected chi connectivity index (χ0v) is 8.67. The van der Waals surface area contributed by atoms with E-state index in [1.165, 1.54) is 0 Å². The molecule has 0 saturated heterocycles. The first kappa shape index (κ1) is 8.84. The Morgan fingerprint density at radius 1 is 1.46 bits per heavy atom. The Morgan fingerprint density at radius 3 is 3.00 bits per heavy atom. The van der Waals surface area contributed by atoms with E-state index in [2.05, 4.69) is 15.9 Å². The smallest absolute Gasteiger partial charge is 0.125 e. The first-order valence-electron chi connectivity index (χ1n) is 4.16. The van der Waals surface area contributed by atoms with Crippen molar-refractivity contribution >= 4 is 21.6 Å². The fourth-order valence-electron chi connectivity index (χ4n) is 1.46. The molecule has 1 aromatic rings. The standard InChI is InChI=1S/C9H11BrN2O/c10-6-4-9-5(3-8(6)12)7(11)1-2-13-9/h3-4,7H,1-2,11-12H2/t7-/m1/s1. The van der Waals surface area contributed by atoms with Gasteiger partial charge < -0.3 is 16.2 Å². The SMILES string of the molecule is Nc1cc2c(cc1Br)OCC[C@H]2N. The molecule has 1 aromatic carbocycles. The Labute approximate surface area is 85.2 Å². The Hall–Kier alpha value is -0.740. The number of ether oxygens (including phenoxy) is 1. The maximum absolute atomic E-state index is 5.91. The lowest BCUT2D eigenvalue weighted by atomic mass is 10.0. The van der Waals surface area contributed by atoms with E-state index < -0.39 is 0 Å². The number of halogens is 1. The van der Waals surface area contributed by atoms with Crippen LogP contribution in [0.15, 0.2) is 16.6 Å². The molecular weight excluding hydrogens is 232 g/mol. The number of hydrogen-bond acceptors (Lipinski definition) is 3. The maximum Gasteiger partial charge on any atom is 0.125 e. The number of rotatable bonds is 0. The molecule has 0 radical (unpaired) electrons. The molecular formula is C9H11BrN2O. The summed E-state index contributed by atoms with van der Waals surface area (Å²) in [6, 6.07) is 3.81. The van der Waals surface area contributed by atoms with Gasteiger partial charge in [-0.1, -0.05) is 0 Å². The van der Waals surface area contributed by atoms with Crippen molar-refractivity contribution < 1.29 is 4.74 Å². The summed E-state index contributed by atoms with van der Waals surface area (Å²) in [5.74, 6) is 0.847. The highest BCUT2D eigenvalue weighted by molar-refractivity contribution is 9.10. The van der Waals surface area contributed by atoms with Gasteiger partial charge in [0.15, 0.2) is 0 Å². The lowest BCUT2D eigenvalue weighted by Gasteiger charge is -2.23. The lowest BCUT2D eigenvalue weighted by molar-refractivity contribution is 0.269. The van der Waals surface area contributed by atoms with Gasteiger partial charge in [0.1, 0.15) is 5.75 Å². The topological polar surface area (TPSA) is 61.3 Å². The second-order valence-electron chi connectivity index (χ2n) is 3.16. The van der Waals surface area contributed by atoms with Crippen molar-refractivity contribution in [1.82, 2.24) is 0 Å². The molecule has 1 heterocycles. The number of hydrogen-bond donors (Lipinski definition) is 2. The van der Waals surface area contributed by atoms with Crippen molar-refractivity contribution in [2.45, 2.75) is 12.5 Å². The fraction of sp³-hybridized carbons (Fsp3) is 0.333. The number of fused-ring (bicyclic) bond motifs is 1. The maximum atomic E-state index is 5.91. The van der Waals surface area contributed by atoms with Crippen LogP contribution in [0.3, 0.4) is 0 Å². The first-order valence-corrected chi connectivity index (χ1v) is 4.95. The largest absolute Gasteiger partial charge is 0.493 e. The third-order valence-corrected chi connectivity index (χ3v) is 2.90. The summed E-state index contributed by atoms with van der Waals surface area (Å²) in [7, 11) is 0. The molecule has 0 spiro atoms. The van der Waals surface area contributed by atoms with Crippen LogP contribution in [-0.4, -0.2) is 6.61 Å². The van der Waals surface area contributed by atoms with Crippen LogP contribution in [-0.2, 0) is 0 Å². The third kappa shape index (κ3) is 1.51. The van der Waals surface area contributed by atoms with Gasteiger partial charge in [-0.15, -0.1) is 0 Å². The number of nitrogens with two attached hydrogens (primary N) is 2. The van der Waals surface area contributed by atoms with Gasteiger partial charge in [-0.25, -0.2) is 0 Å². The van der Waals surface area contributed by atoms with E-state index in [1.54, 1.807) is 0 Å². The summed E-state index contributed by atoms with van der Waals surface area (Å²) >= 11 is 3.35. The van der Waals surface area contributed by atoms with Gasteiger partial charge in [0.2, 0.25) is 0 Å². The van der Waals surface area contributed by atoms with Crippen LogP contribution >= 0.6 is 15.9 Å². The molecule has 0 amide bonds. The van der Waals surface area contributed by atoms with Crippen LogP contribution in [0.1, 0.15) is 18.0 Å². The van der Waals surface area contributed by atoms with Crippen LogP contribution in [0.2, 0.25) is 0 Å². The van der Waals surface area contributed by atoms with Crippen molar-refractivity contribution in [2.24, 2.45) is 5.73 Å². The van der Waals surface area contributed by atoms with Crippen molar-refractivity contribution in [3.8, 4) is 5.75 Å². The van der Waals surface area contributed by atoms with E-state index in [4.69, 9.17) is 16.2 Å². The van der Waals surface area contributed by atoms with E-state index in [1.807, 2.05) is 12.1 Å². The van der Waals surface area contributed by atoms with Crippen molar-refractivity contribution in [3.63, 3.8) is 0 Å². The average molecular weight is 243 g/mol. The fourth-order valence-corrected chi connectivity index (χ4v) is 1.78. The minimum absolute atomic E-state index is 0.0548. The van der Waals surface area contributed by atoms with Gasteiger partial charge in [0.05, 0.1) is 6.61 Å². The minimum Gasteiger partial charge on any atom is -0.493 e. The number of benzene rings is 1. The van der Waals surface area contributed by atoms with E-state index in [-0.39, 0.29) is 6.04 Å². The molecule has 0 fully saturated rings. The van der Waals surface area contributed by atoms with Gasteiger partial charge >= 0.3 is 0 Å². The molecule has 3 nitrogen and oxygen atoms in total. The van der Waals surface area contributed by atoms with E-state index >= 15 is 0 Å². The third-order valence-electron chi connectivity index (χ3n) is 2.22. The molecule has 4 N–H and O–H groups in total. The van der Waals surface area contributed by atoms with Gasteiger partial charge in [-0.3, -0.25) is 0 Å².